The lowest BCUT2D eigenvalue weighted by atomic mass is 10.0. The van der Waals surface area contributed by atoms with Gasteiger partial charge in [0.25, 0.3) is 0 Å². The highest BCUT2D eigenvalue weighted by Gasteiger charge is 2.07. The first-order valence-corrected chi connectivity index (χ1v) is 8.39. The normalized spacial score (nSPS) is 11.8. The molecule has 2 N–H and O–H groups in total. The van der Waals surface area contributed by atoms with Crippen LogP contribution in [0.4, 0.5) is 4.39 Å². The molecule has 0 aliphatic rings. The lowest BCUT2D eigenvalue weighted by Crippen LogP contribution is -2.39. The fourth-order valence-corrected chi connectivity index (χ4v) is 2.50. The molecule has 0 spiro atoms. The summed E-state index contributed by atoms with van der Waals surface area (Å²) in [6.45, 7) is 5.79. The van der Waals surface area contributed by atoms with Gasteiger partial charge in [0.05, 0.1) is 12.0 Å². The van der Waals surface area contributed by atoms with E-state index >= 15 is 0 Å². The second kappa shape index (κ2) is 9.05. The molecule has 130 valence electrons. The monoisotopic (exact) mass is 331 g/mol. The van der Waals surface area contributed by atoms with Crippen LogP contribution in [0.3, 0.4) is 0 Å². The summed E-state index contributed by atoms with van der Waals surface area (Å²) in [5.41, 5.74) is 1.36. The number of aromatic nitrogens is 2. The molecule has 24 heavy (non-hydrogen) atoms. The highest BCUT2D eigenvalue weighted by Crippen LogP contribution is 2.14. The van der Waals surface area contributed by atoms with E-state index < -0.39 is 0 Å². The molecule has 0 radical (unpaired) electrons. The van der Waals surface area contributed by atoms with Crippen LogP contribution in [0.25, 0.3) is 5.69 Å². The lowest BCUT2D eigenvalue weighted by molar-refractivity contribution is 0.481. The van der Waals surface area contributed by atoms with Gasteiger partial charge in [0.1, 0.15) is 5.82 Å². The Hall–Kier alpha value is -2.37. The standard InChI is InChI=1S/C18H26FN5/c1-4-14(5-2)11-22-18(20-3)23-12-15-6-7-17(16(19)10-15)24-9-8-21-13-24/h6-10,13-14H,4-5,11-12H2,1-3H3,(H2,20,22,23). The maximum absolute atomic E-state index is 14.2. The van der Waals surface area contributed by atoms with E-state index in [2.05, 4.69) is 34.5 Å². The van der Waals surface area contributed by atoms with Crippen LogP contribution in [-0.4, -0.2) is 29.1 Å². The first kappa shape index (κ1) is 18.0. The zero-order valence-electron chi connectivity index (χ0n) is 14.6. The number of benzene rings is 1. The van der Waals surface area contributed by atoms with Crippen molar-refractivity contribution in [1.29, 1.82) is 0 Å². The third kappa shape index (κ3) is 4.81. The molecule has 0 fully saturated rings. The summed E-state index contributed by atoms with van der Waals surface area (Å²) in [5, 5.41) is 6.55. The van der Waals surface area contributed by atoms with Gasteiger partial charge in [-0.1, -0.05) is 32.8 Å². The summed E-state index contributed by atoms with van der Waals surface area (Å²) in [5.74, 6) is 1.10. The number of halogens is 1. The fourth-order valence-electron chi connectivity index (χ4n) is 2.50. The number of rotatable bonds is 7. The van der Waals surface area contributed by atoms with Crippen LogP contribution < -0.4 is 10.6 Å². The average molecular weight is 331 g/mol. The molecule has 2 aromatic rings. The summed E-state index contributed by atoms with van der Waals surface area (Å²) in [6, 6.07) is 5.20. The van der Waals surface area contributed by atoms with E-state index in [0.717, 1.165) is 30.9 Å². The van der Waals surface area contributed by atoms with Gasteiger partial charge in [0.15, 0.2) is 5.96 Å². The second-order valence-corrected chi connectivity index (χ2v) is 5.74. The number of nitrogens with one attached hydrogen (secondary N) is 2. The van der Waals surface area contributed by atoms with E-state index in [1.165, 1.54) is 6.07 Å². The van der Waals surface area contributed by atoms with Crippen molar-refractivity contribution in [2.24, 2.45) is 10.9 Å². The Kier molecular flexibility index (Phi) is 6.78. The van der Waals surface area contributed by atoms with Gasteiger partial charge in [-0.05, 0) is 23.6 Å². The SMILES string of the molecule is CCC(CC)CNC(=NC)NCc1ccc(-n2ccnc2)c(F)c1. The van der Waals surface area contributed by atoms with Gasteiger partial charge in [-0.3, -0.25) is 4.99 Å². The van der Waals surface area contributed by atoms with Crippen LogP contribution >= 0.6 is 0 Å². The van der Waals surface area contributed by atoms with Crippen molar-refractivity contribution < 1.29 is 4.39 Å². The van der Waals surface area contributed by atoms with Gasteiger partial charge < -0.3 is 15.2 Å². The predicted octanol–water partition coefficient (Wildman–Crippen LogP) is 3.11. The average Bonchev–Trinajstić information content (AvgIpc) is 3.12. The molecule has 1 heterocycles. The molecule has 0 aliphatic heterocycles. The van der Waals surface area contributed by atoms with Crippen molar-refractivity contribution in [2.75, 3.05) is 13.6 Å². The largest absolute Gasteiger partial charge is 0.356 e. The van der Waals surface area contributed by atoms with Gasteiger partial charge in [-0.25, -0.2) is 9.37 Å². The zero-order valence-corrected chi connectivity index (χ0v) is 14.6. The Morgan fingerprint density at radius 3 is 2.67 bits per heavy atom. The second-order valence-electron chi connectivity index (χ2n) is 5.74. The molecule has 6 heteroatoms. The molecule has 1 aromatic carbocycles. The molecule has 0 saturated carbocycles. The van der Waals surface area contributed by atoms with E-state index in [1.54, 1.807) is 36.4 Å². The molecule has 1 aromatic heterocycles. The molecule has 0 bridgehead atoms. The Bertz CT molecular complexity index is 647. The number of nitrogens with zero attached hydrogens (tertiary/aromatic N) is 3. The van der Waals surface area contributed by atoms with E-state index in [0.29, 0.717) is 18.2 Å². The molecule has 0 atom stereocenters. The Balaban J connectivity index is 1.92. The van der Waals surface area contributed by atoms with Crippen LogP contribution in [0.15, 0.2) is 41.9 Å². The first-order valence-electron chi connectivity index (χ1n) is 8.39. The highest BCUT2D eigenvalue weighted by molar-refractivity contribution is 5.79. The molecular formula is C18H26FN5. The summed E-state index contributed by atoms with van der Waals surface area (Å²) >= 11 is 0. The summed E-state index contributed by atoms with van der Waals surface area (Å²) < 4.78 is 15.9. The minimum Gasteiger partial charge on any atom is -0.356 e. The topological polar surface area (TPSA) is 54.2 Å². The van der Waals surface area contributed by atoms with Crippen molar-refractivity contribution in [3.63, 3.8) is 0 Å². The number of aliphatic imine (C=N–C) groups is 1. The molecule has 2 rings (SSSR count). The predicted molar refractivity (Wildman–Crippen MR) is 95.8 cm³/mol. The van der Waals surface area contributed by atoms with E-state index in [4.69, 9.17) is 0 Å². The van der Waals surface area contributed by atoms with Gasteiger partial charge in [0.2, 0.25) is 0 Å². The Morgan fingerprint density at radius 2 is 2.08 bits per heavy atom. The Morgan fingerprint density at radius 1 is 1.29 bits per heavy atom. The van der Waals surface area contributed by atoms with Crippen molar-refractivity contribution in [3.8, 4) is 5.69 Å². The zero-order chi connectivity index (χ0) is 17.4. The van der Waals surface area contributed by atoms with Crippen LogP contribution in [0.1, 0.15) is 32.3 Å². The quantitative estimate of drug-likeness (QED) is 0.605. The van der Waals surface area contributed by atoms with E-state index in [-0.39, 0.29) is 5.82 Å². The van der Waals surface area contributed by atoms with Gasteiger partial charge in [-0.2, -0.15) is 0 Å². The van der Waals surface area contributed by atoms with Crippen LogP contribution in [0.5, 0.6) is 0 Å². The van der Waals surface area contributed by atoms with Gasteiger partial charge >= 0.3 is 0 Å². The first-order chi connectivity index (χ1) is 11.7. The molecule has 0 saturated heterocycles. The summed E-state index contributed by atoms with van der Waals surface area (Å²) in [4.78, 5) is 8.15. The number of imidazole rings is 1. The minimum atomic E-state index is -0.271. The summed E-state index contributed by atoms with van der Waals surface area (Å²) in [6.07, 6.45) is 7.22. The van der Waals surface area contributed by atoms with E-state index in [9.17, 15) is 4.39 Å². The van der Waals surface area contributed by atoms with Crippen molar-refractivity contribution in [2.45, 2.75) is 33.2 Å². The van der Waals surface area contributed by atoms with Crippen molar-refractivity contribution in [3.05, 3.63) is 48.3 Å². The van der Waals surface area contributed by atoms with E-state index in [1.807, 2.05) is 6.07 Å². The number of hydrogen-bond donors (Lipinski definition) is 2. The van der Waals surface area contributed by atoms with Crippen LogP contribution in [-0.2, 0) is 6.54 Å². The number of hydrogen-bond acceptors (Lipinski definition) is 2. The van der Waals surface area contributed by atoms with Crippen LogP contribution in [0, 0.1) is 11.7 Å². The molecular weight excluding hydrogens is 305 g/mol. The lowest BCUT2D eigenvalue weighted by Gasteiger charge is -2.17. The van der Waals surface area contributed by atoms with Crippen LogP contribution in [0.2, 0.25) is 0 Å². The smallest absolute Gasteiger partial charge is 0.191 e. The third-order valence-corrected chi connectivity index (χ3v) is 4.19. The maximum Gasteiger partial charge on any atom is 0.191 e. The number of guanidine groups is 1. The van der Waals surface area contributed by atoms with Crippen molar-refractivity contribution >= 4 is 5.96 Å². The minimum absolute atomic E-state index is 0.271. The van der Waals surface area contributed by atoms with Gasteiger partial charge in [-0.15, -0.1) is 0 Å². The highest BCUT2D eigenvalue weighted by atomic mass is 19.1. The third-order valence-electron chi connectivity index (χ3n) is 4.19. The molecule has 0 unspecified atom stereocenters. The molecule has 0 aliphatic carbocycles. The molecule has 0 amide bonds. The Labute approximate surface area is 143 Å². The summed E-state index contributed by atoms with van der Waals surface area (Å²) in [7, 11) is 1.74. The maximum atomic E-state index is 14.2. The molecule has 5 nitrogen and oxygen atoms in total. The van der Waals surface area contributed by atoms with Gasteiger partial charge in [0, 0.05) is 32.5 Å². The fraction of sp³-hybridized carbons (Fsp3) is 0.444. The van der Waals surface area contributed by atoms with Crippen molar-refractivity contribution in [1.82, 2.24) is 20.2 Å².